The molecule has 1 aromatic heterocycles. The summed E-state index contributed by atoms with van der Waals surface area (Å²) in [5.41, 5.74) is 3.36. The summed E-state index contributed by atoms with van der Waals surface area (Å²) >= 11 is 0. The van der Waals surface area contributed by atoms with Crippen LogP contribution in [-0.2, 0) is 12.8 Å². The molecule has 1 saturated carbocycles. The molecule has 164 valence electrons. The number of hydrogen-bond acceptors (Lipinski definition) is 4. The van der Waals surface area contributed by atoms with Crippen molar-refractivity contribution in [1.29, 1.82) is 0 Å². The SMILES string of the molecule is CN(CCCNC(=O)c1ccc2nc(CCc3ccccc3)oc2c1)C1CCCCC1. The lowest BCUT2D eigenvalue weighted by molar-refractivity contribution is 0.0950. The molecule has 1 aliphatic carbocycles. The van der Waals surface area contributed by atoms with Crippen molar-refractivity contribution in [2.75, 3.05) is 20.1 Å². The van der Waals surface area contributed by atoms with Crippen LogP contribution in [0, 0.1) is 0 Å². The minimum Gasteiger partial charge on any atom is -0.441 e. The number of hydrogen-bond donors (Lipinski definition) is 1. The van der Waals surface area contributed by atoms with Crippen molar-refractivity contribution in [3.63, 3.8) is 0 Å². The largest absolute Gasteiger partial charge is 0.441 e. The molecule has 0 spiro atoms. The average Bonchev–Trinajstić information content (AvgIpc) is 3.23. The van der Waals surface area contributed by atoms with E-state index in [1.165, 1.54) is 37.7 Å². The lowest BCUT2D eigenvalue weighted by Gasteiger charge is -2.31. The number of nitrogens with one attached hydrogen (secondary N) is 1. The molecule has 4 rings (SSSR count). The summed E-state index contributed by atoms with van der Waals surface area (Å²) in [6.07, 6.45) is 9.30. The van der Waals surface area contributed by atoms with Gasteiger partial charge in [0.15, 0.2) is 11.5 Å². The van der Waals surface area contributed by atoms with Gasteiger partial charge in [0, 0.05) is 24.6 Å². The fraction of sp³-hybridized carbons (Fsp3) is 0.462. The molecule has 5 heteroatoms. The summed E-state index contributed by atoms with van der Waals surface area (Å²) in [7, 11) is 2.21. The Morgan fingerprint density at radius 2 is 1.90 bits per heavy atom. The van der Waals surface area contributed by atoms with Crippen LogP contribution in [0.1, 0.15) is 60.3 Å². The number of fused-ring (bicyclic) bond motifs is 1. The van der Waals surface area contributed by atoms with Gasteiger partial charge >= 0.3 is 0 Å². The Morgan fingerprint density at radius 1 is 1.10 bits per heavy atom. The van der Waals surface area contributed by atoms with Gasteiger partial charge in [0.05, 0.1) is 0 Å². The van der Waals surface area contributed by atoms with Crippen molar-refractivity contribution in [1.82, 2.24) is 15.2 Å². The van der Waals surface area contributed by atoms with Crippen LogP contribution in [0.4, 0.5) is 0 Å². The van der Waals surface area contributed by atoms with E-state index in [0.717, 1.165) is 37.4 Å². The highest BCUT2D eigenvalue weighted by Gasteiger charge is 2.17. The number of aryl methyl sites for hydroxylation is 2. The second kappa shape index (κ2) is 10.6. The van der Waals surface area contributed by atoms with Crippen molar-refractivity contribution in [3.8, 4) is 0 Å². The van der Waals surface area contributed by atoms with Crippen LogP contribution in [0.25, 0.3) is 11.1 Å². The molecular weight excluding hydrogens is 386 g/mol. The topological polar surface area (TPSA) is 58.4 Å². The number of carbonyl (C=O) groups excluding carboxylic acids is 1. The maximum Gasteiger partial charge on any atom is 0.251 e. The van der Waals surface area contributed by atoms with Gasteiger partial charge in [0.2, 0.25) is 0 Å². The minimum absolute atomic E-state index is 0.0514. The number of oxazole rings is 1. The molecule has 0 aliphatic heterocycles. The van der Waals surface area contributed by atoms with Crippen molar-refractivity contribution in [2.45, 2.75) is 57.4 Å². The van der Waals surface area contributed by atoms with Crippen LogP contribution in [0.15, 0.2) is 52.9 Å². The van der Waals surface area contributed by atoms with Crippen LogP contribution in [0.5, 0.6) is 0 Å². The quantitative estimate of drug-likeness (QED) is 0.496. The van der Waals surface area contributed by atoms with Gasteiger partial charge in [0.1, 0.15) is 5.52 Å². The third kappa shape index (κ3) is 5.95. The zero-order valence-corrected chi connectivity index (χ0v) is 18.5. The number of nitrogens with zero attached hydrogens (tertiary/aromatic N) is 2. The Bertz CT molecular complexity index is 977. The first-order valence-electron chi connectivity index (χ1n) is 11.6. The zero-order chi connectivity index (χ0) is 21.5. The first-order chi connectivity index (χ1) is 15.2. The molecule has 2 aromatic carbocycles. The van der Waals surface area contributed by atoms with E-state index in [1.807, 2.05) is 30.3 Å². The average molecular weight is 420 g/mol. The summed E-state index contributed by atoms with van der Waals surface area (Å²) in [6.45, 7) is 1.71. The molecule has 1 aliphatic rings. The summed E-state index contributed by atoms with van der Waals surface area (Å²) in [5.74, 6) is 0.659. The predicted molar refractivity (Wildman–Crippen MR) is 124 cm³/mol. The lowest BCUT2D eigenvalue weighted by atomic mass is 9.94. The number of amides is 1. The van der Waals surface area contributed by atoms with Crippen molar-refractivity contribution in [2.24, 2.45) is 0 Å². The number of aromatic nitrogens is 1. The van der Waals surface area contributed by atoms with E-state index in [9.17, 15) is 4.79 Å². The van der Waals surface area contributed by atoms with Gasteiger partial charge < -0.3 is 14.6 Å². The zero-order valence-electron chi connectivity index (χ0n) is 18.5. The first kappa shape index (κ1) is 21.6. The standard InChI is InChI=1S/C26H33N3O2/c1-29(22-11-6-3-7-12-22)18-8-17-27-26(30)21-14-15-23-24(19-21)31-25(28-23)16-13-20-9-4-2-5-10-20/h2,4-5,9-10,14-15,19,22H,3,6-8,11-13,16-18H2,1H3,(H,27,30). The molecule has 31 heavy (non-hydrogen) atoms. The Balaban J connectivity index is 1.26. The minimum atomic E-state index is -0.0514. The molecule has 1 amide bonds. The molecule has 1 N–H and O–H groups in total. The fourth-order valence-corrected chi connectivity index (χ4v) is 4.45. The van der Waals surface area contributed by atoms with Crippen LogP contribution < -0.4 is 5.32 Å². The van der Waals surface area contributed by atoms with E-state index in [4.69, 9.17) is 4.42 Å². The third-order valence-electron chi connectivity index (χ3n) is 6.34. The van der Waals surface area contributed by atoms with E-state index >= 15 is 0 Å². The Morgan fingerprint density at radius 3 is 2.71 bits per heavy atom. The number of benzene rings is 2. The summed E-state index contributed by atoms with van der Waals surface area (Å²) in [5, 5.41) is 3.05. The van der Waals surface area contributed by atoms with Crippen LogP contribution in [-0.4, -0.2) is 42.0 Å². The Labute approximate surface area is 184 Å². The van der Waals surface area contributed by atoms with E-state index < -0.39 is 0 Å². The lowest BCUT2D eigenvalue weighted by Crippen LogP contribution is -2.35. The van der Waals surface area contributed by atoms with E-state index in [0.29, 0.717) is 23.6 Å². The van der Waals surface area contributed by atoms with Crippen molar-refractivity contribution < 1.29 is 9.21 Å². The van der Waals surface area contributed by atoms with E-state index in [-0.39, 0.29) is 5.91 Å². The van der Waals surface area contributed by atoms with Gasteiger partial charge in [-0.2, -0.15) is 0 Å². The molecular formula is C26H33N3O2. The Hall–Kier alpha value is -2.66. The summed E-state index contributed by atoms with van der Waals surface area (Å²) < 4.78 is 5.91. The van der Waals surface area contributed by atoms with Crippen LogP contribution in [0.3, 0.4) is 0 Å². The van der Waals surface area contributed by atoms with Gasteiger partial charge in [-0.1, -0.05) is 49.6 Å². The Kier molecular flexibility index (Phi) is 7.36. The monoisotopic (exact) mass is 419 g/mol. The highest BCUT2D eigenvalue weighted by atomic mass is 16.3. The van der Waals surface area contributed by atoms with Crippen LogP contribution >= 0.6 is 0 Å². The maximum atomic E-state index is 12.6. The van der Waals surface area contributed by atoms with Gasteiger partial charge in [-0.3, -0.25) is 4.79 Å². The molecule has 0 atom stereocenters. The highest BCUT2D eigenvalue weighted by Crippen LogP contribution is 2.22. The normalized spacial score (nSPS) is 14.9. The smallest absolute Gasteiger partial charge is 0.251 e. The highest BCUT2D eigenvalue weighted by molar-refractivity contribution is 5.96. The first-order valence-corrected chi connectivity index (χ1v) is 11.6. The van der Waals surface area contributed by atoms with Gasteiger partial charge in [0.25, 0.3) is 5.91 Å². The van der Waals surface area contributed by atoms with E-state index in [1.54, 1.807) is 6.07 Å². The number of rotatable bonds is 9. The van der Waals surface area contributed by atoms with E-state index in [2.05, 4.69) is 34.4 Å². The van der Waals surface area contributed by atoms with Gasteiger partial charge in [-0.25, -0.2) is 4.98 Å². The molecule has 0 radical (unpaired) electrons. The predicted octanol–water partition coefficient (Wildman–Crippen LogP) is 5.00. The second-order valence-electron chi connectivity index (χ2n) is 8.66. The molecule has 5 nitrogen and oxygen atoms in total. The molecule has 0 bridgehead atoms. The van der Waals surface area contributed by atoms with Crippen molar-refractivity contribution >= 4 is 17.0 Å². The summed E-state index contributed by atoms with van der Waals surface area (Å²) in [6, 6.07) is 16.5. The maximum absolute atomic E-state index is 12.6. The number of carbonyl (C=O) groups is 1. The molecule has 0 unspecified atom stereocenters. The molecule has 0 saturated heterocycles. The third-order valence-corrected chi connectivity index (χ3v) is 6.34. The molecule has 1 heterocycles. The second-order valence-corrected chi connectivity index (χ2v) is 8.66. The molecule has 1 fully saturated rings. The summed E-state index contributed by atoms with van der Waals surface area (Å²) in [4.78, 5) is 19.6. The van der Waals surface area contributed by atoms with Crippen LogP contribution in [0.2, 0.25) is 0 Å². The van der Waals surface area contributed by atoms with Gasteiger partial charge in [-0.05, 0) is 63.0 Å². The van der Waals surface area contributed by atoms with Crippen molar-refractivity contribution in [3.05, 3.63) is 65.5 Å². The molecule has 3 aromatic rings. The fourth-order valence-electron chi connectivity index (χ4n) is 4.45. The van der Waals surface area contributed by atoms with Gasteiger partial charge in [-0.15, -0.1) is 0 Å².